The Morgan fingerprint density at radius 2 is 2.00 bits per heavy atom. The highest BCUT2D eigenvalue weighted by atomic mass is 14.7. The van der Waals surface area contributed by atoms with Gasteiger partial charge in [-0.1, -0.05) is 13.8 Å². The predicted molar refractivity (Wildman–Crippen MR) is 56.7 cm³/mol. The van der Waals surface area contributed by atoms with E-state index in [4.69, 9.17) is 5.73 Å². The average molecular weight is 178 g/mol. The minimum atomic E-state index is 0.654. The number of rotatable bonds is 2. The monoisotopic (exact) mass is 178 g/mol. The van der Waals surface area contributed by atoms with Crippen molar-refractivity contribution in [1.29, 1.82) is 0 Å². The Morgan fingerprint density at radius 3 is 2.54 bits per heavy atom. The maximum absolute atomic E-state index is 5.80. The van der Waals surface area contributed by atoms with Gasteiger partial charge in [-0.05, 0) is 37.3 Å². The summed E-state index contributed by atoms with van der Waals surface area (Å²) in [4.78, 5) is 4.27. The summed E-state index contributed by atoms with van der Waals surface area (Å²) in [5.41, 5.74) is 10.2. The molecule has 2 heteroatoms. The van der Waals surface area contributed by atoms with Gasteiger partial charge in [-0.15, -0.1) is 0 Å². The van der Waals surface area contributed by atoms with E-state index < -0.39 is 0 Å². The fourth-order valence-corrected chi connectivity index (χ4v) is 1.50. The number of pyridine rings is 1. The summed E-state index contributed by atoms with van der Waals surface area (Å²) in [7, 11) is 0. The number of aromatic nitrogens is 1. The zero-order chi connectivity index (χ0) is 10.0. The van der Waals surface area contributed by atoms with Gasteiger partial charge < -0.3 is 5.73 Å². The number of nitrogens with zero attached hydrogens (tertiary/aromatic N) is 1. The van der Waals surface area contributed by atoms with Gasteiger partial charge in [0.25, 0.3) is 0 Å². The van der Waals surface area contributed by atoms with Crippen LogP contribution in [-0.4, -0.2) is 4.98 Å². The minimum Gasteiger partial charge on any atom is -0.397 e. The number of aryl methyl sites for hydroxylation is 1. The van der Waals surface area contributed by atoms with Crippen molar-refractivity contribution < 1.29 is 0 Å². The van der Waals surface area contributed by atoms with Gasteiger partial charge in [0.2, 0.25) is 0 Å². The molecule has 0 fully saturated rings. The van der Waals surface area contributed by atoms with E-state index in [9.17, 15) is 0 Å². The van der Waals surface area contributed by atoms with E-state index in [-0.39, 0.29) is 0 Å². The lowest BCUT2D eigenvalue weighted by Crippen LogP contribution is -2.04. The lowest BCUT2D eigenvalue weighted by Gasteiger charge is -2.12. The second-order valence-electron chi connectivity index (χ2n) is 4.00. The molecule has 0 amide bonds. The molecular weight excluding hydrogens is 160 g/mol. The van der Waals surface area contributed by atoms with E-state index >= 15 is 0 Å². The largest absolute Gasteiger partial charge is 0.397 e. The van der Waals surface area contributed by atoms with Crippen molar-refractivity contribution in [3.05, 3.63) is 23.0 Å². The van der Waals surface area contributed by atoms with Crippen molar-refractivity contribution in [2.75, 3.05) is 5.73 Å². The van der Waals surface area contributed by atoms with Crippen LogP contribution < -0.4 is 5.73 Å². The molecule has 0 saturated heterocycles. The van der Waals surface area contributed by atoms with Crippen molar-refractivity contribution in [3.63, 3.8) is 0 Å². The van der Waals surface area contributed by atoms with E-state index in [0.717, 1.165) is 17.8 Å². The summed E-state index contributed by atoms with van der Waals surface area (Å²) in [6, 6.07) is 0. The highest BCUT2D eigenvalue weighted by Gasteiger charge is 2.08. The van der Waals surface area contributed by atoms with Crippen LogP contribution in [0.1, 0.15) is 30.7 Å². The molecule has 0 aliphatic rings. The van der Waals surface area contributed by atoms with E-state index in [1.165, 1.54) is 11.1 Å². The predicted octanol–water partition coefficient (Wildman–Crippen LogP) is 2.48. The Labute approximate surface area is 80.2 Å². The molecule has 72 valence electrons. The summed E-state index contributed by atoms with van der Waals surface area (Å²) in [5.74, 6) is 0.654. The van der Waals surface area contributed by atoms with Crippen LogP contribution in [-0.2, 0) is 6.42 Å². The van der Waals surface area contributed by atoms with Crippen LogP contribution in [0, 0.1) is 19.8 Å². The van der Waals surface area contributed by atoms with Crippen molar-refractivity contribution in [2.24, 2.45) is 5.92 Å². The molecule has 2 nitrogen and oxygen atoms in total. The van der Waals surface area contributed by atoms with Crippen LogP contribution in [0.3, 0.4) is 0 Å². The highest BCUT2D eigenvalue weighted by molar-refractivity contribution is 5.49. The van der Waals surface area contributed by atoms with Crippen molar-refractivity contribution in [1.82, 2.24) is 4.98 Å². The summed E-state index contributed by atoms with van der Waals surface area (Å²) in [6.07, 6.45) is 2.81. The van der Waals surface area contributed by atoms with Gasteiger partial charge in [0.1, 0.15) is 0 Å². The molecule has 1 heterocycles. The molecule has 0 atom stereocenters. The van der Waals surface area contributed by atoms with Crippen LogP contribution in [0.5, 0.6) is 0 Å². The van der Waals surface area contributed by atoms with Gasteiger partial charge in [-0.2, -0.15) is 0 Å². The van der Waals surface area contributed by atoms with Crippen LogP contribution in [0.15, 0.2) is 6.20 Å². The Bertz CT molecular complexity index is 303. The smallest absolute Gasteiger partial charge is 0.0533 e. The van der Waals surface area contributed by atoms with Crippen LogP contribution in [0.4, 0.5) is 5.69 Å². The van der Waals surface area contributed by atoms with E-state index in [1.807, 2.05) is 6.92 Å². The molecule has 1 aromatic heterocycles. The maximum atomic E-state index is 5.80. The Morgan fingerprint density at radius 1 is 1.38 bits per heavy atom. The first kappa shape index (κ1) is 10.0. The van der Waals surface area contributed by atoms with Gasteiger partial charge >= 0.3 is 0 Å². The molecule has 13 heavy (non-hydrogen) atoms. The zero-order valence-corrected chi connectivity index (χ0v) is 8.89. The second-order valence-corrected chi connectivity index (χ2v) is 4.00. The maximum Gasteiger partial charge on any atom is 0.0533 e. The lowest BCUT2D eigenvalue weighted by atomic mass is 9.97. The molecule has 0 saturated carbocycles. The third-order valence-corrected chi connectivity index (χ3v) is 2.33. The van der Waals surface area contributed by atoms with Gasteiger partial charge in [0.15, 0.2) is 0 Å². The third-order valence-electron chi connectivity index (χ3n) is 2.33. The van der Waals surface area contributed by atoms with Crippen molar-refractivity contribution in [3.8, 4) is 0 Å². The molecule has 0 bridgehead atoms. The van der Waals surface area contributed by atoms with Gasteiger partial charge in [0.05, 0.1) is 11.9 Å². The summed E-state index contributed by atoms with van der Waals surface area (Å²) in [6.45, 7) is 8.54. The molecule has 1 rings (SSSR count). The third kappa shape index (κ3) is 2.20. The Hall–Kier alpha value is -1.05. The van der Waals surface area contributed by atoms with E-state index in [2.05, 4.69) is 25.8 Å². The number of nitrogens with two attached hydrogens (primary N) is 1. The first-order valence-electron chi connectivity index (χ1n) is 4.73. The molecular formula is C11H18N2. The normalized spacial score (nSPS) is 10.8. The van der Waals surface area contributed by atoms with Crippen molar-refractivity contribution in [2.45, 2.75) is 34.1 Å². The number of hydrogen-bond acceptors (Lipinski definition) is 2. The van der Waals surface area contributed by atoms with Crippen LogP contribution in [0.2, 0.25) is 0 Å². The molecule has 0 aliphatic carbocycles. The first-order chi connectivity index (χ1) is 6.02. The molecule has 0 aromatic carbocycles. The minimum absolute atomic E-state index is 0.654. The summed E-state index contributed by atoms with van der Waals surface area (Å²) < 4.78 is 0. The molecule has 0 spiro atoms. The Balaban J connectivity index is 3.10. The SMILES string of the molecule is Cc1ncc(N)c(C)c1CC(C)C. The van der Waals surface area contributed by atoms with E-state index in [1.54, 1.807) is 6.20 Å². The quantitative estimate of drug-likeness (QED) is 0.755. The Kier molecular flexibility index (Phi) is 2.91. The van der Waals surface area contributed by atoms with Gasteiger partial charge in [0, 0.05) is 5.69 Å². The number of anilines is 1. The van der Waals surface area contributed by atoms with Crippen LogP contribution in [0.25, 0.3) is 0 Å². The fraction of sp³-hybridized carbons (Fsp3) is 0.545. The van der Waals surface area contributed by atoms with Crippen molar-refractivity contribution >= 4 is 5.69 Å². The molecule has 0 aliphatic heterocycles. The second kappa shape index (κ2) is 3.77. The highest BCUT2D eigenvalue weighted by Crippen LogP contribution is 2.20. The summed E-state index contributed by atoms with van der Waals surface area (Å²) in [5, 5.41) is 0. The topological polar surface area (TPSA) is 38.9 Å². The average Bonchev–Trinajstić information content (AvgIpc) is 2.05. The van der Waals surface area contributed by atoms with E-state index in [0.29, 0.717) is 5.92 Å². The van der Waals surface area contributed by atoms with Gasteiger partial charge in [-0.25, -0.2) is 0 Å². The molecule has 0 radical (unpaired) electrons. The van der Waals surface area contributed by atoms with Gasteiger partial charge in [-0.3, -0.25) is 4.98 Å². The first-order valence-corrected chi connectivity index (χ1v) is 4.73. The summed E-state index contributed by atoms with van der Waals surface area (Å²) >= 11 is 0. The molecule has 2 N–H and O–H groups in total. The number of nitrogen functional groups attached to an aromatic ring is 1. The fourth-order valence-electron chi connectivity index (χ4n) is 1.50. The standard InChI is InChI=1S/C11H18N2/c1-7(2)5-10-8(3)11(12)6-13-9(10)4/h6-7H,5,12H2,1-4H3. The molecule has 0 unspecified atom stereocenters. The van der Waals surface area contributed by atoms with Crippen LogP contribution >= 0.6 is 0 Å². The zero-order valence-electron chi connectivity index (χ0n) is 8.89. The molecule has 1 aromatic rings. The number of hydrogen-bond donors (Lipinski definition) is 1. The lowest BCUT2D eigenvalue weighted by molar-refractivity contribution is 0.640.